The topological polar surface area (TPSA) is 38.0 Å². The van der Waals surface area contributed by atoms with E-state index in [0.717, 1.165) is 5.92 Å². The molecule has 0 aromatic rings. The van der Waals surface area contributed by atoms with Crippen molar-refractivity contribution in [3.63, 3.8) is 0 Å². The van der Waals surface area contributed by atoms with E-state index in [0.29, 0.717) is 6.04 Å². The second-order valence-corrected chi connectivity index (χ2v) is 5.39. The van der Waals surface area contributed by atoms with Crippen molar-refractivity contribution in [3.05, 3.63) is 0 Å². The van der Waals surface area contributed by atoms with Gasteiger partial charge in [-0.2, -0.15) is 0 Å². The minimum absolute atomic E-state index is 0.542. The number of hydrogen-bond acceptors (Lipinski definition) is 2. The Kier molecular flexibility index (Phi) is 11.3. The van der Waals surface area contributed by atoms with Crippen molar-refractivity contribution in [3.8, 4) is 0 Å². The summed E-state index contributed by atoms with van der Waals surface area (Å²) in [5.74, 6) is 6.40. The van der Waals surface area contributed by atoms with E-state index < -0.39 is 0 Å². The smallest absolute Gasteiger partial charge is 0.0210 e. The molecular formula is C14H32N2. The van der Waals surface area contributed by atoms with E-state index in [9.17, 15) is 0 Å². The Labute approximate surface area is 102 Å². The average Bonchev–Trinajstić information content (AvgIpc) is 2.26. The SMILES string of the molecule is CCCCCCCC(CCCC(C)C)NN. The van der Waals surface area contributed by atoms with Gasteiger partial charge in [-0.3, -0.25) is 11.3 Å². The number of nitrogens with one attached hydrogen (secondary N) is 1. The zero-order chi connectivity index (χ0) is 12.2. The molecule has 2 heteroatoms. The van der Waals surface area contributed by atoms with Crippen LogP contribution < -0.4 is 11.3 Å². The Morgan fingerprint density at radius 2 is 1.50 bits per heavy atom. The van der Waals surface area contributed by atoms with Crippen LogP contribution in [0.2, 0.25) is 0 Å². The fourth-order valence-electron chi connectivity index (χ4n) is 2.08. The second kappa shape index (κ2) is 11.4. The monoisotopic (exact) mass is 228 g/mol. The minimum Gasteiger partial charge on any atom is -0.271 e. The molecule has 0 spiro atoms. The van der Waals surface area contributed by atoms with Gasteiger partial charge in [0.2, 0.25) is 0 Å². The van der Waals surface area contributed by atoms with Crippen LogP contribution in [0.1, 0.15) is 78.6 Å². The summed E-state index contributed by atoms with van der Waals surface area (Å²) in [6.45, 7) is 6.83. The first-order chi connectivity index (χ1) is 7.70. The van der Waals surface area contributed by atoms with E-state index in [1.165, 1.54) is 57.8 Å². The Bertz CT molecular complexity index is 135. The number of rotatable bonds is 11. The quantitative estimate of drug-likeness (QED) is 0.318. The van der Waals surface area contributed by atoms with Crippen LogP contribution in [-0.4, -0.2) is 6.04 Å². The predicted octanol–water partition coefficient (Wildman–Crippen LogP) is 4.01. The molecule has 2 nitrogen and oxygen atoms in total. The molecule has 0 aromatic carbocycles. The van der Waals surface area contributed by atoms with Gasteiger partial charge in [0.05, 0.1) is 0 Å². The summed E-state index contributed by atoms with van der Waals surface area (Å²) >= 11 is 0. The lowest BCUT2D eigenvalue weighted by atomic mass is 9.99. The summed E-state index contributed by atoms with van der Waals surface area (Å²) in [4.78, 5) is 0. The third-order valence-electron chi connectivity index (χ3n) is 3.23. The van der Waals surface area contributed by atoms with Crippen LogP contribution in [0.15, 0.2) is 0 Å². The van der Waals surface area contributed by atoms with Crippen LogP contribution in [-0.2, 0) is 0 Å². The highest BCUT2D eigenvalue weighted by Gasteiger charge is 2.06. The molecule has 0 aliphatic heterocycles. The van der Waals surface area contributed by atoms with Crippen LogP contribution in [0.4, 0.5) is 0 Å². The number of hydrogen-bond donors (Lipinski definition) is 2. The number of nitrogens with two attached hydrogens (primary N) is 1. The molecule has 0 saturated carbocycles. The van der Waals surface area contributed by atoms with Crippen molar-refractivity contribution in [2.45, 2.75) is 84.6 Å². The summed E-state index contributed by atoms with van der Waals surface area (Å²) in [5, 5.41) is 0. The van der Waals surface area contributed by atoms with E-state index in [1.54, 1.807) is 0 Å². The largest absolute Gasteiger partial charge is 0.271 e. The van der Waals surface area contributed by atoms with E-state index in [1.807, 2.05) is 0 Å². The van der Waals surface area contributed by atoms with Crippen LogP contribution in [0.3, 0.4) is 0 Å². The zero-order valence-electron chi connectivity index (χ0n) is 11.6. The van der Waals surface area contributed by atoms with Crippen LogP contribution >= 0.6 is 0 Å². The fourth-order valence-corrected chi connectivity index (χ4v) is 2.08. The molecule has 0 rings (SSSR count). The summed E-state index contributed by atoms with van der Waals surface area (Å²) in [6.07, 6.45) is 11.9. The van der Waals surface area contributed by atoms with E-state index in [4.69, 9.17) is 5.84 Å². The van der Waals surface area contributed by atoms with Gasteiger partial charge >= 0.3 is 0 Å². The Hall–Kier alpha value is -0.0800. The van der Waals surface area contributed by atoms with Gasteiger partial charge in [-0.1, -0.05) is 65.7 Å². The third-order valence-corrected chi connectivity index (χ3v) is 3.23. The molecule has 0 bridgehead atoms. The first-order valence-electron chi connectivity index (χ1n) is 7.16. The van der Waals surface area contributed by atoms with E-state index >= 15 is 0 Å². The first-order valence-corrected chi connectivity index (χ1v) is 7.16. The Balaban J connectivity index is 3.36. The molecule has 1 atom stereocenters. The first kappa shape index (κ1) is 15.9. The van der Waals surface area contributed by atoms with Crippen molar-refractivity contribution < 1.29 is 0 Å². The molecule has 16 heavy (non-hydrogen) atoms. The zero-order valence-corrected chi connectivity index (χ0v) is 11.6. The van der Waals surface area contributed by atoms with Gasteiger partial charge in [-0.15, -0.1) is 0 Å². The van der Waals surface area contributed by atoms with Gasteiger partial charge in [0.15, 0.2) is 0 Å². The van der Waals surface area contributed by atoms with Crippen LogP contribution in [0.5, 0.6) is 0 Å². The molecule has 3 N–H and O–H groups in total. The Morgan fingerprint density at radius 3 is 2.06 bits per heavy atom. The van der Waals surface area contributed by atoms with Crippen molar-refractivity contribution >= 4 is 0 Å². The van der Waals surface area contributed by atoms with Crippen LogP contribution in [0.25, 0.3) is 0 Å². The van der Waals surface area contributed by atoms with Gasteiger partial charge in [-0.05, 0) is 18.8 Å². The van der Waals surface area contributed by atoms with Gasteiger partial charge < -0.3 is 0 Å². The molecule has 0 amide bonds. The van der Waals surface area contributed by atoms with Gasteiger partial charge in [0.25, 0.3) is 0 Å². The summed E-state index contributed by atoms with van der Waals surface area (Å²) < 4.78 is 0. The maximum atomic E-state index is 5.58. The van der Waals surface area contributed by atoms with Crippen LogP contribution in [0, 0.1) is 5.92 Å². The number of hydrazine groups is 1. The summed E-state index contributed by atoms with van der Waals surface area (Å²) in [6, 6.07) is 0.542. The lowest BCUT2D eigenvalue weighted by molar-refractivity contribution is 0.409. The normalized spacial score (nSPS) is 13.3. The Morgan fingerprint density at radius 1 is 0.875 bits per heavy atom. The average molecular weight is 228 g/mol. The maximum Gasteiger partial charge on any atom is 0.0210 e. The maximum absolute atomic E-state index is 5.58. The standard InChI is InChI=1S/C14H32N2/c1-4-5-6-7-8-11-14(16-15)12-9-10-13(2)3/h13-14,16H,4-12,15H2,1-3H3. The lowest BCUT2D eigenvalue weighted by Gasteiger charge is -2.16. The summed E-state index contributed by atoms with van der Waals surface area (Å²) in [5.41, 5.74) is 2.97. The molecular weight excluding hydrogens is 196 g/mol. The van der Waals surface area contributed by atoms with Crippen molar-refractivity contribution in [2.24, 2.45) is 11.8 Å². The molecule has 1 unspecified atom stereocenters. The van der Waals surface area contributed by atoms with E-state index in [2.05, 4.69) is 26.2 Å². The molecule has 98 valence electrons. The van der Waals surface area contributed by atoms with Crippen molar-refractivity contribution in [2.75, 3.05) is 0 Å². The molecule has 0 fully saturated rings. The predicted molar refractivity (Wildman–Crippen MR) is 73.2 cm³/mol. The molecule has 0 aromatic heterocycles. The molecule has 0 saturated heterocycles. The van der Waals surface area contributed by atoms with Crippen molar-refractivity contribution in [1.29, 1.82) is 0 Å². The van der Waals surface area contributed by atoms with Gasteiger partial charge in [0.1, 0.15) is 0 Å². The molecule has 0 aliphatic carbocycles. The highest BCUT2D eigenvalue weighted by molar-refractivity contribution is 4.64. The molecule has 0 aliphatic rings. The molecule has 0 heterocycles. The molecule has 0 radical (unpaired) electrons. The lowest BCUT2D eigenvalue weighted by Crippen LogP contribution is -2.35. The highest BCUT2D eigenvalue weighted by atomic mass is 15.2. The van der Waals surface area contributed by atoms with Crippen molar-refractivity contribution in [1.82, 2.24) is 5.43 Å². The van der Waals surface area contributed by atoms with Gasteiger partial charge in [0, 0.05) is 6.04 Å². The highest BCUT2D eigenvalue weighted by Crippen LogP contribution is 2.13. The number of unbranched alkanes of at least 4 members (excludes halogenated alkanes) is 4. The second-order valence-electron chi connectivity index (χ2n) is 5.39. The van der Waals surface area contributed by atoms with Gasteiger partial charge in [-0.25, -0.2) is 0 Å². The fraction of sp³-hybridized carbons (Fsp3) is 1.00. The minimum atomic E-state index is 0.542. The van der Waals surface area contributed by atoms with E-state index in [-0.39, 0.29) is 0 Å². The third kappa shape index (κ3) is 10.4. The summed E-state index contributed by atoms with van der Waals surface area (Å²) in [7, 11) is 0.